The quantitative estimate of drug-likeness (QED) is 0.149. The van der Waals surface area contributed by atoms with Crippen molar-refractivity contribution in [3.63, 3.8) is 0 Å². The Labute approximate surface area is 248 Å². The standard InChI is InChI=1S/C37H26O6/c1-23-3-7-25(8-4-23)35(38)42-33-17-13-27-20-31(12-10-28(27)21-33)37(40)43-34-18-14-26-19-30(11-9-29(26)22-34)36(39)41-32-15-5-24(2)6-16-32/h3-22H,1-2H3. The Morgan fingerprint density at radius 1 is 0.372 bits per heavy atom. The summed E-state index contributed by atoms with van der Waals surface area (Å²) in [6.45, 7) is 3.92. The van der Waals surface area contributed by atoms with Gasteiger partial charge in [0.25, 0.3) is 0 Å². The summed E-state index contributed by atoms with van der Waals surface area (Å²) in [5, 5.41) is 3.23. The maximum atomic E-state index is 13.0. The van der Waals surface area contributed by atoms with Gasteiger partial charge in [0.15, 0.2) is 0 Å². The van der Waals surface area contributed by atoms with Crippen LogP contribution in [0, 0.1) is 13.8 Å². The van der Waals surface area contributed by atoms with Crippen LogP contribution in [-0.2, 0) is 0 Å². The minimum atomic E-state index is -0.505. The molecular weight excluding hydrogens is 540 g/mol. The molecule has 0 atom stereocenters. The zero-order valence-corrected chi connectivity index (χ0v) is 23.5. The van der Waals surface area contributed by atoms with Gasteiger partial charge in [0.2, 0.25) is 0 Å². The second-order valence-corrected chi connectivity index (χ2v) is 10.3. The van der Waals surface area contributed by atoms with Gasteiger partial charge in [-0.15, -0.1) is 0 Å². The van der Waals surface area contributed by atoms with Gasteiger partial charge in [-0.2, -0.15) is 0 Å². The second kappa shape index (κ2) is 11.6. The fourth-order valence-corrected chi connectivity index (χ4v) is 4.62. The van der Waals surface area contributed by atoms with E-state index in [0.29, 0.717) is 33.9 Å². The monoisotopic (exact) mass is 566 g/mol. The van der Waals surface area contributed by atoms with E-state index in [-0.39, 0.29) is 0 Å². The average molecular weight is 567 g/mol. The van der Waals surface area contributed by atoms with E-state index in [4.69, 9.17) is 14.2 Å². The molecule has 6 aromatic rings. The molecule has 0 unspecified atom stereocenters. The van der Waals surface area contributed by atoms with E-state index in [9.17, 15) is 14.4 Å². The number of carbonyl (C=O) groups excluding carboxylic acids is 3. The molecule has 210 valence electrons. The lowest BCUT2D eigenvalue weighted by Gasteiger charge is -2.09. The van der Waals surface area contributed by atoms with E-state index >= 15 is 0 Å². The van der Waals surface area contributed by atoms with Gasteiger partial charge in [0, 0.05) is 0 Å². The highest BCUT2D eigenvalue weighted by Crippen LogP contribution is 2.26. The molecule has 0 aromatic heterocycles. The summed E-state index contributed by atoms with van der Waals surface area (Å²) in [4.78, 5) is 38.1. The van der Waals surface area contributed by atoms with Crippen LogP contribution in [0.5, 0.6) is 17.2 Å². The molecule has 0 heterocycles. The molecule has 0 saturated carbocycles. The molecule has 6 heteroatoms. The van der Waals surface area contributed by atoms with Gasteiger partial charge in [-0.3, -0.25) is 0 Å². The Balaban J connectivity index is 1.13. The van der Waals surface area contributed by atoms with Crippen LogP contribution in [0.4, 0.5) is 0 Å². The topological polar surface area (TPSA) is 78.9 Å². The molecule has 43 heavy (non-hydrogen) atoms. The van der Waals surface area contributed by atoms with Crippen LogP contribution in [0.15, 0.2) is 121 Å². The lowest BCUT2D eigenvalue weighted by Crippen LogP contribution is -2.09. The number of esters is 3. The minimum Gasteiger partial charge on any atom is -0.423 e. The maximum Gasteiger partial charge on any atom is 0.343 e. The molecular formula is C37H26O6. The lowest BCUT2D eigenvalue weighted by molar-refractivity contribution is 0.0725. The van der Waals surface area contributed by atoms with E-state index < -0.39 is 17.9 Å². The van der Waals surface area contributed by atoms with Crippen LogP contribution < -0.4 is 14.2 Å². The summed E-state index contributed by atoms with van der Waals surface area (Å²) < 4.78 is 16.7. The molecule has 6 rings (SSSR count). The van der Waals surface area contributed by atoms with Crippen molar-refractivity contribution in [3.05, 3.63) is 149 Å². The molecule has 6 nitrogen and oxygen atoms in total. The van der Waals surface area contributed by atoms with E-state index in [2.05, 4.69) is 0 Å². The van der Waals surface area contributed by atoms with Crippen LogP contribution in [0.1, 0.15) is 42.2 Å². The van der Waals surface area contributed by atoms with Crippen molar-refractivity contribution in [2.75, 3.05) is 0 Å². The molecule has 0 bridgehead atoms. The molecule has 0 saturated heterocycles. The van der Waals surface area contributed by atoms with Crippen molar-refractivity contribution in [3.8, 4) is 17.2 Å². The van der Waals surface area contributed by atoms with Crippen LogP contribution in [0.3, 0.4) is 0 Å². The minimum absolute atomic E-state index is 0.381. The van der Waals surface area contributed by atoms with E-state index in [1.807, 2.05) is 38.1 Å². The number of hydrogen-bond donors (Lipinski definition) is 0. The Bertz CT molecular complexity index is 2010. The van der Waals surface area contributed by atoms with Gasteiger partial charge in [0.1, 0.15) is 17.2 Å². The molecule has 0 aliphatic heterocycles. The van der Waals surface area contributed by atoms with Gasteiger partial charge in [0.05, 0.1) is 16.7 Å². The zero-order chi connectivity index (χ0) is 29.9. The number of fused-ring (bicyclic) bond motifs is 2. The Hall–Kier alpha value is -5.75. The number of carbonyl (C=O) groups is 3. The number of hydrogen-bond acceptors (Lipinski definition) is 6. The van der Waals surface area contributed by atoms with Crippen molar-refractivity contribution in [2.45, 2.75) is 13.8 Å². The third-order valence-corrected chi connectivity index (χ3v) is 7.03. The molecule has 0 N–H and O–H groups in total. The summed E-state index contributed by atoms with van der Waals surface area (Å²) in [5.74, 6) is -0.118. The maximum absolute atomic E-state index is 13.0. The summed E-state index contributed by atoms with van der Waals surface area (Å²) in [7, 11) is 0. The molecule has 6 aromatic carbocycles. The van der Waals surface area contributed by atoms with Gasteiger partial charge in [-0.1, -0.05) is 59.7 Å². The third-order valence-electron chi connectivity index (χ3n) is 7.03. The third kappa shape index (κ3) is 6.29. The molecule has 0 amide bonds. The Morgan fingerprint density at radius 3 is 1.19 bits per heavy atom. The molecule has 0 aliphatic rings. The van der Waals surface area contributed by atoms with Crippen molar-refractivity contribution in [2.24, 2.45) is 0 Å². The number of rotatable bonds is 6. The van der Waals surface area contributed by atoms with Gasteiger partial charge in [-0.05, 0) is 108 Å². The first kappa shape index (κ1) is 27.4. The normalized spacial score (nSPS) is 10.8. The lowest BCUT2D eigenvalue weighted by atomic mass is 10.1. The van der Waals surface area contributed by atoms with Gasteiger partial charge < -0.3 is 14.2 Å². The van der Waals surface area contributed by atoms with Crippen LogP contribution in [0.2, 0.25) is 0 Å². The Morgan fingerprint density at radius 2 is 0.698 bits per heavy atom. The summed E-state index contributed by atoms with van der Waals surface area (Å²) >= 11 is 0. The SMILES string of the molecule is Cc1ccc(OC(=O)c2ccc3cc(OC(=O)c4ccc5cc(OC(=O)c6ccc(C)cc6)ccc5c4)ccc3c2)cc1. The van der Waals surface area contributed by atoms with Crippen molar-refractivity contribution < 1.29 is 28.6 Å². The van der Waals surface area contributed by atoms with Gasteiger partial charge in [-0.25, -0.2) is 14.4 Å². The fourth-order valence-electron chi connectivity index (χ4n) is 4.62. The molecule has 0 radical (unpaired) electrons. The zero-order valence-electron chi connectivity index (χ0n) is 23.5. The first-order chi connectivity index (χ1) is 20.8. The van der Waals surface area contributed by atoms with Crippen molar-refractivity contribution in [1.82, 2.24) is 0 Å². The fraction of sp³-hybridized carbons (Fsp3) is 0.0541. The molecule has 0 aliphatic carbocycles. The van der Waals surface area contributed by atoms with Crippen molar-refractivity contribution >= 4 is 39.5 Å². The molecule has 0 fully saturated rings. The highest BCUT2D eigenvalue weighted by atomic mass is 16.5. The number of ether oxygens (including phenoxy) is 3. The van der Waals surface area contributed by atoms with Crippen molar-refractivity contribution in [1.29, 1.82) is 0 Å². The van der Waals surface area contributed by atoms with Crippen LogP contribution >= 0.6 is 0 Å². The van der Waals surface area contributed by atoms with E-state index in [1.165, 1.54) is 0 Å². The number of benzene rings is 6. The number of aryl methyl sites for hydroxylation is 2. The summed E-state index contributed by atoms with van der Waals surface area (Å²) in [6.07, 6.45) is 0. The first-order valence-electron chi connectivity index (χ1n) is 13.7. The predicted octanol–water partition coefficient (Wildman–Crippen LogP) is 8.27. The van der Waals surface area contributed by atoms with Gasteiger partial charge >= 0.3 is 17.9 Å². The Kier molecular flexibility index (Phi) is 7.41. The summed E-state index contributed by atoms with van der Waals surface area (Å²) in [5.41, 5.74) is 3.41. The first-order valence-corrected chi connectivity index (χ1v) is 13.7. The highest BCUT2D eigenvalue weighted by molar-refractivity contribution is 5.99. The summed E-state index contributed by atoms with van der Waals surface area (Å²) in [6, 6.07) is 35.3. The van der Waals surface area contributed by atoms with E-state index in [1.54, 1.807) is 97.1 Å². The predicted molar refractivity (Wildman–Crippen MR) is 165 cm³/mol. The van der Waals surface area contributed by atoms with Crippen LogP contribution in [-0.4, -0.2) is 17.9 Å². The largest absolute Gasteiger partial charge is 0.423 e. The highest BCUT2D eigenvalue weighted by Gasteiger charge is 2.14. The molecule has 0 spiro atoms. The van der Waals surface area contributed by atoms with E-state index in [0.717, 1.165) is 32.7 Å². The smallest absolute Gasteiger partial charge is 0.343 e. The van der Waals surface area contributed by atoms with Crippen LogP contribution in [0.25, 0.3) is 21.5 Å². The second-order valence-electron chi connectivity index (χ2n) is 10.3. The average Bonchev–Trinajstić information content (AvgIpc) is 3.02.